The van der Waals surface area contributed by atoms with Crippen molar-refractivity contribution in [2.75, 3.05) is 18.5 Å². The Labute approximate surface area is 144 Å². The normalized spacial score (nSPS) is 14.8. The maximum absolute atomic E-state index is 13.0. The van der Waals surface area contributed by atoms with Crippen LogP contribution in [0.1, 0.15) is 5.56 Å². The first-order chi connectivity index (χ1) is 12.3. The van der Waals surface area contributed by atoms with E-state index in [2.05, 4.69) is 15.4 Å². The number of hydrogen-bond donors (Lipinski definition) is 2. The lowest BCUT2D eigenvalue weighted by atomic mass is 10.1. The summed E-state index contributed by atoms with van der Waals surface area (Å²) in [5.74, 6) is -1.41. The van der Waals surface area contributed by atoms with Crippen LogP contribution in [0.25, 0.3) is 5.69 Å². The number of aliphatic hydroxyl groups is 1. The molecule has 11 heteroatoms. The molecule has 0 unspecified atom stereocenters. The molecule has 2 amide bonds. The summed E-state index contributed by atoms with van der Waals surface area (Å²) in [6, 6.07) is 2.85. The third kappa shape index (κ3) is 3.28. The van der Waals surface area contributed by atoms with Crippen LogP contribution in [0.4, 0.5) is 18.9 Å². The zero-order chi connectivity index (χ0) is 18.9. The largest absolute Gasteiger partial charge is 0.416 e. The first-order valence-electron chi connectivity index (χ1n) is 7.33. The lowest BCUT2D eigenvalue weighted by Crippen LogP contribution is -2.34. The van der Waals surface area contributed by atoms with E-state index in [1.54, 1.807) is 0 Å². The number of carbonyl (C=O) groups excluding carboxylic acids is 2. The first kappa shape index (κ1) is 17.6. The molecule has 1 aliphatic heterocycles. The summed E-state index contributed by atoms with van der Waals surface area (Å²) in [6.07, 6.45) is -1.15. The second kappa shape index (κ2) is 6.59. The molecule has 0 saturated heterocycles. The van der Waals surface area contributed by atoms with Gasteiger partial charge < -0.3 is 10.4 Å². The Kier molecular flexibility index (Phi) is 4.47. The van der Waals surface area contributed by atoms with Crippen molar-refractivity contribution < 1.29 is 27.9 Å². The molecule has 1 aliphatic rings. The van der Waals surface area contributed by atoms with E-state index >= 15 is 0 Å². The van der Waals surface area contributed by atoms with Gasteiger partial charge in [-0.25, -0.2) is 9.67 Å². The average Bonchev–Trinajstić information content (AvgIpc) is 3.19. The lowest BCUT2D eigenvalue weighted by Gasteiger charge is -2.16. The number of hydrogen-bond acceptors (Lipinski definition) is 6. The number of carbonyl (C=O) groups is 2. The van der Waals surface area contributed by atoms with Crippen LogP contribution >= 0.6 is 0 Å². The number of alkyl halides is 3. The van der Waals surface area contributed by atoms with Gasteiger partial charge in [-0.15, -0.1) is 0 Å². The maximum atomic E-state index is 13.0. The molecule has 2 N–H and O–H groups in total. The van der Waals surface area contributed by atoms with Crippen LogP contribution in [0.5, 0.6) is 0 Å². The number of rotatable bonds is 5. The van der Waals surface area contributed by atoms with Crippen molar-refractivity contribution in [2.24, 2.45) is 0 Å². The fourth-order valence-corrected chi connectivity index (χ4v) is 2.40. The summed E-state index contributed by atoms with van der Waals surface area (Å²) in [5.41, 5.74) is -1.02. The summed E-state index contributed by atoms with van der Waals surface area (Å²) in [5, 5.41) is 15.3. The zero-order valence-electron chi connectivity index (χ0n) is 13.1. The van der Waals surface area contributed by atoms with E-state index in [4.69, 9.17) is 5.11 Å². The van der Waals surface area contributed by atoms with Crippen molar-refractivity contribution >= 4 is 17.5 Å². The third-order valence-electron chi connectivity index (χ3n) is 3.59. The molecule has 0 bridgehead atoms. The number of imide groups is 1. The van der Waals surface area contributed by atoms with E-state index in [0.29, 0.717) is 0 Å². The van der Waals surface area contributed by atoms with Gasteiger partial charge in [0.1, 0.15) is 18.4 Å². The van der Waals surface area contributed by atoms with Gasteiger partial charge in [-0.2, -0.15) is 18.3 Å². The Hall–Kier alpha value is -3.21. The SMILES string of the molecule is O=C1C=C(Nc2cc(C(F)(F)F)ccc2-n2cncn2)C(=O)N1CCO. The summed E-state index contributed by atoms with van der Waals surface area (Å²) < 4.78 is 40.3. The minimum absolute atomic E-state index is 0.0800. The Morgan fingerprint density at radius 2 is 2.00 bits per heavy atom. The Morgan fingerprint density at radius 3 is 2.62 bits per heavy atom. The number of aromatic nitrogens is 3. The van der Waals surface area contributed by atoms with E-state index in [0.717, 1.165) is 23.1 Å². The molecule has 26 heavy (non-hydrogen) atoms. The number of β-amino-alcohol motifs (C(OH)–C–C–N with tert-alkyl or cyclic N) is 1. The van der Waals surface area contributed by atoms with E-state index in [9.17, 15) is 22.8 Å². The molecule has 0 radical (unpaired) electrons. The van der Waals surface area contributed by atoms with Crippen molar-refractivity contribution in [1.29, 1.82) is 0 Å². The quantitative estimate of drug-likeness (QED) is 0.763. The van der Waals surface area contributed by atoms with Crippen molar-refractivity contribution in [1.82, 2.24) is 19.7 Å². The average molecular weight is 367 g/mol. The Bertz CT molecular complexity index is 877. The van der Waals surface area contributed by atoms with Crippen LogP contribution < -0.4 is 5.32 Å². The second-order valence-electron chi connectivity index (χ2n) is 5.27. The summed E-state index contributed by atoms with van der Waals surface area (Å²) in [7, 11) is 0. The minimum atomic E-state index is -4.59. The molecule has 0 aliphatic carbocycles. The fourth-order valence-electron chi connectivity index (χ4n) is 2.40. The van der Waals surface area contributed by atoms with E-state index in [1.807, 2.05) is 0 Å². The molecular weight excluding hydrogens is 355 g/mol. The number of aliphatic hydroxyl groups excluding tert-OH is 1. The van der Waals surface area contributed by atoms with Crippen molar-refractivity contribution in [3.63, 3.8) is 0 Å². The zero-order valence-corrected chi connectivity index (χ0v) is 13.1. The van der Waals surface area contributed by atoms with Gasteiger partial charge in [0.15, 0.2) is 0 Å². The molecule has 8 nitrogen and oxygen atoms in total. The lowest BCUT2D eigenvalue weighted by molar-refractivity contribution is -0.138. The number of nitrogens with one attached hydrogen (secondary N) is 1. The van der Waals surface area contributed by atoms with Gasteiger partial charge in [0.2, 0.25) is 0 Å². The van der Waals surface area contributed by atoms with Crippen LogP contribution in [0, 0.1) is 0 Å². The highest BCUT2D eigenvalue weighted by Gasteiger charge is 2.33. The topological polar surface area (TPSA) is 100 Å². The number of amides is 2. The molecule has 136 valence electrons. The van der Waals surface area contributed by atoms with Crippen LogP contribution in [0.15, 0.2) is 42.6 Å². The number of halogens is 3. The second-order valence-corrected chi connectivity index (χ2v) is 5.27. The first-order valence-corrected chi connectivity index (χ1v) is 7.33. The van der Waals surface area contributed by atoms with Crippen LogP contribution in [-0.4, -0.2) is 49.7 Å². The molecule has 0 spiro atoms. The number of benzene rings is 1. The Balaban J connectivity index is 1.99. The van der Waals surface area contributed by atoms with Crippen LogP contribution in [-0.2, 0) is 15.8 Å². The molecule has 0 atom stereocenters. The number of anilines is 1. The predicted molar refractivity (Wildman–Crippen MR) is 81.9 cm³/mol. The summed E-state index contributed by atoms with van der Waals surface area (Å²) in [4.78, 5) is 28.5. The highest BCUT2D eigenvalue weighted by atomic mass is 19.4. The maximum Gasteiger partial charge on any atom is 0.416 e. The van der Waals surface area contributed by atoms with Gasteiger partial charge in [0.25, 0.3) is 11.8 Å². The van der Waals surface area contributed by atoms with Crippen LogP contribution in [0.2, 0.25) is 0 Å². The van der Waals surface area contributed by atoms with Crippen molar-refractivity contribution in [2.45, 2.75) is 6.18 Å². The smallest absolute Gasteiger partial charge is 0.395 e. The highest BCUT2D eigenvalue weighted by Crippen LogP contribution is 2.34. The fraction of sp³-hybridized carbons (Fsp3) is 0.200. The predicted octanol–water partition coefficient (Wildman–Crippen LogP) is 0.943. The summed E-state index contributed by atoms with van der Waals surface area (Å²) in [6.45, 7) is -0.635. The molecule has 0 saturated carbocycles. The van der Waals surface area contributed by atoms with E-state index in [1.165, 1.54) is 23.4 Å². The number of nitrogens with zero attached hydrogens (tertiary/aromatic N) is 4. The van der Waals surface area contributed by atoms with E-state index in [-0.39, 0.29) is 23.6 Å². The van der Waals surface area contributed by atoms with Gasteiger partial charge in [-0.1, -0.05) is 0 Å². The van der Waals surface area contributed by atoms with Gasteiger partial charge in [-0.3, -0.25) is 14.5 Å². The molecule has 0 fully saturated rings. The standard InChI is InChI=1S/C15H12F3N5O3/c16-15(17,18)9-1-2-12(23-8-19-7-20-23)10(5-9)21-11-6-13(25)22(3-4-24)14(11)26/h1-2,5-8,21,24H,3-4H2. The molecule has 2 aromatic rings. The highest BCUT2D eigenvalue weighted by molar-refractivity contribution is 6.17. The summed E-state index contributed by atoms with van der Waals surface area (Å²) >= 11 is 0. The van der Waals surface area contributed by atoms with Gasteiger partial charge in [0.05, 0.1) is 30.1 Å². The molecule has 2 heterocycles. The molecular formula is C15H12F3N5O3. The monoisotopic (exact) mass is 367 g/mol. The molecule has 1 aromatic heterocycles. The van der Waals surface area contributed by atoms with Gasteiger partial charge in [0, 0.05) is 6.08 Å². The molecule has 3 rings (SSSR count). The van der Waals surface area contributed by atoms with Crippen molar-refractivity contribution in [3.05, 3.63) is 48.2 Å². The Morgan fingerprint density at radius 1 is 1.23 bits per heavy atom. The van der Waals surface area contributed by atoms with Crippen LogP contribution in [0.3, 0.4) is 0 Å². The molecule has 1 aromatic carbocycles. The van der Waals surface area contributed by atoms with Crippen molar-refractivity contribution in [3.8, 4) is 5.69 Å². The van der Waals surface area contributed by atoms with Gasteiger partial charge >= 0.3 is 6.18 Å². The third-order valence-corrected chi connectivity index (χ3v) is 3.59. The van der Waals surface area contributed by atoms with E-state index < -0.39 is 30.2 Å². The minimum Gasteiger partial charge on any atom is -0.395 e. The van der Waals surface area contributed by atoms with Gasteiger partial charge in [-0.05, 0) is 18.2 Å².